The lowest BCUT2D eigenvalue weighted by Crippen LogP contribution is -2.56. The van der Waals surface area contributed by atoms with Crippen LogP contribution in [0.15, 0.2) is 0 Å². The molecule has 0 bridgehead atoms. The fourth-order valence-electron chi connectivity index (χ4n) is 3.13. The Hall–Kier alpha value is -0.0700. The zero-order valence-corrected chi connectivity index (χ0v) is 14.6. The summed E-state index contributed by atoms with van der Waals surface area (Å²) in [7, 11) is 0. The molecule has 2 aliphatic heterocycles. The van der Waals surface area contributed by atoms with E-state index in [1.165, 1.54) is 0 Å². The smallest absolute Gasteiger partial charge is 0.227 e. The van der Waals surface area contributed by atoms with E-state index in [1.807, 2.05) is 11.8 Å². The van der Waals surface area contributed by atoms with Crippen LogP contribution >= 0.6 is 24.8 Å². The van der Waals surface area contributed by atoms with Gasteiger partial charge in [-0.1, -0.05) is 0 Å². The van der Waals surface area contributed by atoms with Crippen LogP contribution in [-0.2, 0) is 4.79 Å². The zero-order valence-electron chi connectivity index (χ0n) is 13.0. The molecule has 2 heterocycles. The minimum atomic E-state index is -0.299. The van der Waals surface area contributed by atoms with E-state index in [2.05, 4.69) is 17.1 Å². The van der Waals surface area contributed by atoms with Crippen molar-refractivity contribution < 1.29 is 9.90 Å². The summed E-state index contributed by atoms with van der Waals surface area (Å²) in [5.41, 5.74) is 0. The van der Waals surface area contributed by atoms with E-state index in [1.54, 1.807) is 0 Å². The van der Waals surface area contributed by atoms with Gasteiger partial charge >= 0.3 is 0 Å². The number of hydrogen-bond donors (Lipinski definition) is 2. The molecule has 2 fully saturated rings. The number of carbonyl (C=O) groups is 1. The Morgan fingerprint density at radius 2 is 2.10 bits per heavy atom. The number of aliphatic hydroxyl groups excluding tert-OH is 1. The van der Waals surface area contributed by atoms with Crippen LogP contribution in [0.2, 0.25) is 0 Å². The molecular formula is C14H29Cl2N3O2. The third kappa shape index (κ3) is 5.91. The van der Waals surface area contributed by atoms with E-state index >= 15 is 0 Å². The molecule has 0 spiro atoms. The Balaban J connectivity index is 0.00000200. The van der Waals surface area contributed by atoms with Gasteiger partial charge < -0.3 is 15.3 Å². The zero-order chi connectivity index (χ0) is 13.8. The molecule has 3 unspecified atom stereocenters. The van der Waals surface area contributed by atoms with E-state index < -0.39 is 0 Å². The van der Waals surface area contributed by atoms with Crippen molar-refractivity contribution in [2.24, 2.45) is 5.92 Å². The number of amides is 1. The fourth-order valence-corrected chi connectivity index (χ4v) is 3.13. The molecule has 3 atom stereocenters. The fraction of sp³-hybridized carbons (Fsp3) is 0.929. The van der Waals surface area contributed by atoms with Crippen molar-refractivity contribution in [3.05, 3.63) is 0 Å². The molecule has 2 rings (SSSR count). The second-order valence-electron chi connectivity index (χ2n) is 6.02. The minimum absolute atomic E-state index is 0. The Kier molecular flexibility index (Phi) is 9.81. The maximum absolute atomic E-state index is 12.4. The van der Waals surface area contributed by atoms with Crippen LogP contribution in [0.25, 0.3) is 0 Å². The molecule has 0 radical (unpaired) electrons. The van der Waals surface area contributed by atoms with Gasteiger partial charge in [-0.3, -0.25) is 9.69 Å². The quantitative estimate of drug-likeness (QED) is 0.795. The average Bonchev–Trinajstić information content (AvgIpc) is 2.41. The first-order valence-electron chi connectivity index (χ1n) is 7.49. The highest BCUT2D eigenvalue weighted by Crippen LogP contribution is 2.17. The molecule has 0 aliphatic carbocycles. The van der Waals surface area contributed by atoms with E-state index in [4.69, 9.17) is 0 Å². The van der Waals surface area contributed by atoms with Gasteiger partial charge in [-0.15, -0.1) is 24.8 Å². The topological polar surface area (TPSA) is 55.8 Å². The predicted molar refractivity (Wildman–Crippen MR) is 89.4 cm³/mol. The number of nitrogens with one attached hydrogen (secondary N) is 1. The predicted octanol–water partition coefficient (Wildman–Crippen LogP) is 0.743. The van der Waals surface area contributed by atoms with Gasteiger partial charge in [0, 0.05) is 38.8 Å². The van der Waals surface area contributed by atoms with Crippen LogP contribution in [0.5, 0.6) is 0 Å². The molecule has 2 aliphatic rings. The summed E-state index contributed by atoms with van der Waals surface area (Å²) in [6.45, 7) is 9.00. The highest BCUT2D eigenvalue weighted by molar-refractivity contribution is 5.85. The minimum Gasteiger partial charge on any atom is -0.392 e. The third-order valence-corrected chi connectivity index (χ3v) is 4.22. The average molecular weight is 342 g/mol. The van der Waals surface area contributed by atoms with Gasteiger partial charge in [0.15, 0.2) is 0 Å². The molecule has 0 aromatic heterocycles. The molecule has 126 valence electrons. The molecule has 2 saturated heterocycles. The Bertz CT molecular complexity index is 313. The van der Waals surface area contributed by atoms with Crippen LogP contribution in [0.3, 0.4) is 0 Å². The maximum atomic E-state index is 12.4. The van der Waals surface area contributed by atoms with Crippen LogP contribution in [0, 0.1) is 5.92 Å². The third-order valence-electron chi connectivity index (χ3n) is 4.22. The number of rotatable bonds is 3. The monoisotopic (exact) mass is 341 g/mol. The standard InChI is InChI=1S/C14H27N3O2.2ClH/c1-11-9-17(7-6-16(11)10-12(2)18)14(19)13-4-3-5-15-8-13;;/h11-13,15,18H,3-10H2,1-2H3;2*1H. The summed E-state index contributed by atoms with van der Waals surface area (Å²) in [6, 6.07) is 0.337. The molecule has 0 aromatic rings. The van der Waals surface area contributed by atoms with Crippen LogP contribution < -0.4 is 5.32 Å². The Labute approximate surface area is 140 Å². The van der Waals surface area contributed by atoms with E-state index in [9.17, 15) is 9.90 Å². The summed E-state index contributed by atoms with van der Waals surface area (Å²) in [5.74, 6) is 0.486. The lowest BCUT2D eigenvalue weighted by molar-refractivity contribution is -0.139. The number of piperazine rings is 1. The second-order valence-corrected chi connectivity index (χ2v) is 6.02. The first-order valence-corrected chi connectivity index (χ1v) is 7.49. The Morgan fingerprint density at radius 3 is 2.62 bits per heavy atom. The molecule has 2 N–H and O–H groups in total. The highest BCUT2D eigenvalue weighted by atomic mass is 35.5. The summed E-state index contributed by atoms with van der Waals surface area (Å²) in [5, 5.41) is 12.8. The molecule has 5 nitrogen and oxygen atoms in total. The summed E-state index contributed by atoms with van der Waals surface area (Å²) >= 11 is 0. The lowest BCUT2D eigenvalue weighted by Gasteiger charge is -2.41. The number of nitrogens with zero attached hydrogens (tertiary/aromatic N) is 2. The SMILES string of the molecule is CC(O)CN1CCN(C(=O)C2CCCNC2)CC1C.Cl.Cl. The number of aliphatic hydroxyl groups is 1. The Morgan fingerprint density at radius 1 is 1.38 bits per heavy atom. The van der Waals surface area contributed by atoms with Gasteiger partial charge in [0.2, 0.25) is 5.91 Å². The van der Waals surface area contributed by atoms with Crippen molar-refractivity contribution >= 4 is 30.7 Å². The first kappa shape index (κ1) is 20.9. The largest absolute Gasteiger partial charge is 0.392 e. The van der Waals surface area contributed by atoms with Gasteiger partial charge in [0.25, 0.3) is 0 Å². The molecule has 0 aromatic carbocycles. The van der Waals surface area contributed by atoms with Gasteiger partial charge in [-0.25, -0.2) is 0 Å². The number of β-amino-alcohol motifs (C(OH)–C–C–N with tert-alkyl or cyclic N) is 1. The van der Waals surface area contributed by atoms with Gasteiger partial charge in [0.1, 0.15) is 0 Å². The first-order chi connectivity index (χ1) is 9.08. The van der Waals surface area contributed by atoms with Gasteiger partial charge in [0.05, 0.1) is 12.0 Å². The van der Waals surface area contributed by atoms with E-state index in [-0.39, 0.29) is 36.8 Å². The lowest BCUT2D eigenvalue weighted by atomic mass is 9.97. The number of piperidine rings is 1. The van der Waals surface area contributed by atoms with E-state index in [0.29, 0.717) is 18.5 Å². The van der Waals surface area contributed by atoms with Crippen molar-refractivity contribution in [3.63, 3.8) is 0 Å². The van der Waals surface area contributed by atoms with Crippen molar-refractivity contribution in [2.75, 3.05) is 39.3 Å². The molecular weight excluding hydrogens is 313 g/mol. The van der Waals surface area contributed by atoms with Crippen LogP contribution in [0.1, 0.15) is 26.7 Å². The number of halogens is 2. The second kappa shape index (κ2) is 9.85. The maximum Gasteiger partial charge on any atom is 0.227 e. The van der Waals surface area contributed by atoms with Gasteiger partial charge in [-0.2, -0.15) is 0 Å². The molecule has 1 amide bonds. The van der Waals surface area contributed by atoms with E-state index in [0.717, 1.165) is 45.6 Å². The normalized spacial score (nSPS) is 28.2. The van der Waals surface area contributed by atoms with Crippen LogP contribution in [0.4, 0.5) is 0 Å². The van der Waals surface area contributed by atoms with Crippen molar-refractivity contribution in [1.82, 2.24) is 15.1 Å². The van der Waals surface area contributed by atoms with Crippen LogP contribution in [-0.4, -0.2) is 72.2 Å². The van der Waals surface area contributed by atoms with Crippen molar-refractivity contribution in [1.29, 1.82) is 0 Å². The van der Waals surface area contributed by atoms with Crippen molar-refractivity contribution in [3.8, 4) is 0 Å². The van der Waals surface area contributed by atoms with Crippen molar-refractivity contribution in [2.45, 2.75) is 38.8 Å². The molecule has 0 saturated carbocycles. The number of hydrogen-bond acceptors (Lipinski definition) is 4. The summed E-state index contributed by atoms with van der Waals surface area (Å²) < 4.78 is 0. The summed E-state index contributed by atoms with van der Waals surface area (Å²) in [4.78, 5) is 16.7. The molecule has 21 heavy (non-hydrogen) atoms. The van der Waals surface area contributed by atoms with Gasteiger partial charge in [-0.05, 0) is 33.2 Å². The molecule has 7 heteroatoms. The highest BCUT2D eigenvalue weighted by Gasteiger charge is 2.31. The number of carbonyl (C=O) groups excluding carboxylic acids is 1. The summed E-state index contributed by atoms with van der Waals surface area (Å²) in [6.07, 6.45) is 1.83.